The molecule has 2 nitrogen and oxygen atoms in total. The number of fused-ring (bicyclic) bond motifs is 1. The SMILES string of the molecule is CC[C@@H]1OCc2ccccc2C1NC. The van der Waals surface area contributed by atoms with E-state index >= 15 is 0 Å². The van der Waals surface area contributed by atoms with Crippen LogP contribution in [-0.4, -0.2) is 13.2 Å². The highest BCUT2D eigenvalue weighted by atomic mass is 16.5. The van der Waals surface area contributed by atoms with Crippen LogP contribution in [-0.2, 0) is 11.3 Å². The molecule has 1 aliphatic rings. The van der Waals surface area contributed by atoms with Crippen molar-refractivity contribution in [2.75, 3.05) is 7.05 Å². The van der Waals surface area contributed by atoms with Crippen LogP contribution in [0.5, 0.6) is 0 Å². The molecule has 2 rings (SSSR count). The van der Waals surface area contributed by atoms with Crippen molar-refractivity contribution in [2.45, 2.75) is 32.1 Å². The first-order chi connectivity index (χ1) is 6.86. The van der Waals surface area contributed by atoms with Gasteiger partial charge in [-0.2, -0.15) is 0 Å². The second kappa shape index (κ2) is 4.11. The Balaban J connectivity index is 2.34. The Bertz CT molecular complexity index is 311. The zero-order valence-electron chi connectivity index (χ0n) is 8.79. The highest BCUT2D eigenvalue weighted by Gasteiger charge is 2.27. The van der Waals surface area contributed by atoms with Gasteiger partial charge in [0.2, 0.25) is 0 Å². The molecular formula is C12H17NO. The molecule has 0 bridgehead atoms. The quantitative estimate of drug-likeness (QED) is 0.774. The number of hydrogen-bond acceptors (Lipinski definition) is 2. The van der Waals surface area contributed by atoms with E-state index in [1.54, 1.807) is 0 Å². The van der Waals surface area contributed by atoms with Crippen LogP contribution in [0.3, 0.4) is 0 Å². The lowest BCUT2D eigenvalue weighted by atomic mass is 9.93. The molecule has 0 saturated heterocycles. The van der Waals surface area contributed by atoms with E-state index in [9.17, 15) is 0 Å². The second-order valence-electron chi connectivity index (χ2n) is 3.72. The van der Waals surface area contributed by atoms with Gasteiger partial charge in [-0.15, -0.1) is 0 Å². The summed E-state index contributed by atoms with van der Waals surface area (Å²) in [6.07, 6.45) is 1.37. The molecule has 0 amide bonds. The van der Waals surface area contributed by atoms with Crippen LogP contribution in [0, 0.1) is 0 Å². The minimum Gasteiger partial charge on any atom is -0.372 e. The summed E-state index contributed by atoms with van der Waals surface area (Å²) in [5.41, 5.74) is 2.71. The molecule has 76 valence electrons. The Morgan fingerprint density at radius 2 is 2.21 bits per heavy atom. The van der Waals surface area contributed by atoms with Gasteiger partial charge < -0.3 is 10.1 Å². The van der Waals surface area contributed by atoms with Gasteiger partial charge in [0.1, 0.15) is 0 Å². The van der Waals surface area contributed by atoms with Crippen LogP contribution in [0.4, 0.5) is 0 Å². The van der Waals surface area contributed by atoms with Crippen LogP contribution >= 0.6 is 0 Å². The molecule has 0 fully saturated rings. The van der Waals surface area contributed by atoms with Gasteiger partial charge in [0, 0.05) is 0 Å². The monoisotopic (exact) mass is 191 g/mol. The number of likely N-dealkylation sites (N-methyl/N-ethyl adjacent to an activating group) is 1. The molecule has 0 spiro atoms. The van der Waals surface area contributed by atoms with Crippen molar-refractivity contribution in [3.05, 3.63) is 35.4 Å². The topological polar surface area (TPSA) is 21.3 Å². The molecule has 1 heterocycles. The summed E-state index contributed by atoms with van der Waals surface area (Å²) in [6.45, 7) is 2.93. The van der Waals surface area contributed by atoms with Crippen LogP contribution in [0.2, 0.25) is 0 Å². The third-order valence-corrected chi connectivity index (χ3v) is 2.93. The number of rotatable bonds is 2. The zero-order chi connectivity index (χ0) is 9.97. The lowest BCUT2D eigenvalue weighted by Crippen LogP contribution is -2.35. The predicted octanol–water partition coefficient (Wildman–Crippen LogP) is 2.26. The van der Waals surface area contributed by atoms with Gasteiger partial charge in [0.15, 0.2) is 0 Å². The molecule has 1 aliphatic heterocycles. The summed E-state index contributed by atoms with van der Waals surface area (Å²) in [7, 11) is 2.00. The lowest BCUT2D eigenvalue weighted by molar-refractivity contribution is -0.000905. The Kier molecular flexibility index (Phi) is 2.85. The highest BCUT2D eigenvalue weighted by Crippen LogP contribution is 2.30. The molecule has 0 aliphatic carbocycles. The number of ether oxygens (including phenoxy) is 1. The van der Waals surface area contributed by atoms with E-state index in [-0.39, 0.29) is 0 Å². The fourth-order valence-electron chi connectivity index (χ4n) is 2.16. The first-order valence-electron chi connectivity index (χ1n) is 5.23. The van der Waals surface area contributed by atoms with Crippen LogP contribution in [0.25, 0.3) is 0 Å². The fourth-order valence-corrected chi connectivity index (χ4v) is 2.16. The molecule has 0 radical (unpaired) electrons. The standard InChI is InChI=1S/C12H17NO/c1-3-11-12(13-2)10-7-5-4-6-9(10)8-14-11/h4-7,11-13H,3,8H2,1-2H3/t11-,12?/m0/s1. The van der Waals surface area contributed by atoms with Gasteiger partial charge in [-0.3, -0.25) is 0 Å². The van der Waals surface area contributed by atoms with E-state index < -0.39 is 0 Å². The maximum Gasteiger partial charge on any atom is 0.0771 e. The molecule has 0 saturated carbocycles. The number of nitrogens with one attached hydrogen (secondary N) is 1. The van der Waals surface area contributed by atoms with E-state index in [1.807, 2.05) is 7.05 Å². The zero-order valence-corrected chi connectivity index (χ0v) is 8.79. The van der Waals surface area contributed by atoms with E-state index in [2.05, 4.69) is 36.5 Å². The van der Waals surface area contributed by atoms with Crippen LogP contribution in [0.15, 0.2) is 24.3 Å². The molecule has 0 aromatic heterocycles. The van der Waals surface area contributed by atoms with Crippen molar-refractivity contribution in [3.63, 3.8) is 0 Å². The Morgan fingerprint density at radius 1 is 1.43 bits per heavy atom. The smallest absolute Gasteiger partial charge is 0.0771 e. The first-order valence-corrected chi connectivity index (χ1v) is 5.23. The third kappa shape index (κ3) is 1.56. The molecule has 1 aromatic rings. The summed E-state index contributed by atoms with van der Waals surface area (Å²) in [5, 5.41) is 3.34. The van der Waals surface area contributed by atoms with Crippen molar-refractivity contribution >= 4 is 0 Å². The highest BCUT2D eigenvalue weighted by molar-refractivity contribution is 5.31. The average Bonchev–Trinajstić information content (AvgIpc) is 2.27. The van der Waals surface area contributed by atoms with Gasteiger partial charge >= 0.3 is 0 Å². The van der Waals surface area contributed by atoms with Crippen molar-refractivity contribution in [1.82, 2.24) is 5.32 Å². The minimum absolute atomic E-state index is 0.315. The third-order valence-electron chi connectivity index (χ3n) is 2.93. The van der Waals surface area contributed by atoms with E-state index in [1.165, 1.54) is 11.1 Å². The second-order valence-corrected chi connectivity index (χ2v) is 3.72. The number of hydrogen-bond donors (Lipinski definition) is 1. The Labute approximate surface area is 85.3 Å². The molecule has 1 aromatic carbocycles. The summed E-state index contributed by atoms with van der Waals surface area (Å²) < 4.78 is 5.79. The minimum atomic E-state index is 0.315. The van der Waals surface area contributed by atoms with Crippen LogP contribution in [0.1, 0.15) is 30.5 Å². The molecule has 2 atom stereocenters. The summed E-state index contributed by atoms with van der Waals surface area (Å²) in [6, 6.07) is 8.86. The largest absolute Gasteiger partial charge is 0.372 e. The molecule has 14 heavy (non-hydrogen) atoms. The lowest BCUT2D eigenvalue weighted by Gasteiger charge is -2.33. The Hall–Kier alpha value is -0.860. The molecular weight excluding hydrogens is 174 g/mol. The van der Waals surface area contributed by atoms with Gasteiger partial charge in [-0.05, 0) is 24.6 Å². The van der Waals surface area contributed by atoms with Crippen molar-refractivity contribution in [1.29, 1.82) is 0 Å². The van der Waals surface area contributed by atoms with Gasteiger partial charge in [0.05, 0.1) is 18.8 Å². The maximum atomic E-state index is 5.79. The average molecular weight is 191 g/mol. The summed E-state index contributed by atoms with van der Waals surface area (Å²) in [4.78, 5) is 0. The van der Waals surface area contributed by atoms with Crippen molar-refractivity contribution in [3.8, 4) is 0 Å². The number of benzene rings is 1. The van der Waals surface area contributed by atoms with Gasteiger partial charge in [-0.25, -0.2) is 0 Å². The summed E-state index contributed by atoms with van der Waals surface area (Å²) >= 11 is 0. The van der Waals surface area contributed by atoms with E-state index in [0.29, 0.717) is 12.1 Å². The van der Waals surface area contributed by atoms with Gasteiger partial charge in [-0.1, -0.05) is 31.2 Å². The van der Waals surface area contributed by atoms with Crippen LogP contribution < -0.4 is 5.32 Å². The van der Waals surface area contributed by atoms with E-state index in [0.717, 1.165) is 13.0 Å². The normalized spacial score (nSPS) is 25.9. The maximum absolute atomic E-state index is 5.79. The fraction of sp³-hybridized carbons (Fsp3) is 0.500. The van der Waals surface area contributed by atoms with Crippen molar-refractivity contribution in [2.24, 2.45) is 0 Å². The molecule has 1 N–H and O–H groups in total. The van der Waals surface area contributed by atoms with Gasteiger partial charge in [0.25, 0.3) is 0 Å². The predicted molar refractivity (Wildman–Crippen MR) is 57.1 cm³/mol. The molecule has 2 heteroatoms. The van der Waals surface area contributed by atoms with Crippen molar-refractivity contribution < 1.29 is 4.74 Å². The first kappa shape index (κ1) is 9.69. The molecule has 1 unspecified atom stereocenters. The Morgan fingerprint density at radius 3 is 2.93 bits per heavy atom. The summed E-state index contributed by atoms with van der Waals surface area (Å²) in [5.74, 6) is 0. The van der Waals surface area contributed by atoms with E-state index in [4.69, 9.17) is 4.74 Å².